The van der Waals surface area contributed by atoms with E-state index >= 15 is 0 Å². The molecule has 2 heterocycles. The molecule has 2 fully saturated rings. The van der Waals surface area contributed by atoms with E-state index in [-0.39, 0.29) is 18.0 Å². The van der Waals surface area contributed by atoms with Crippen LogP contribution in [0.1, 0.15) is 61.6 Å². The van der Waals surface area contributed by atoms with Gasteiger partial charge >= 0.3 is 6.03 Å². The number of carbonyl (C=O) groups is 2. The molecular formula is C41H47ClN4O3. The molecule has 7 nitrogen and oxygen atoms in total. The number of amides is 3. The highest BCUT2D eigenvalue weighted by atomic mass is 35.5. The Balaban J connectivity index is 1.10. The quantitative estimate of drug-likeness (QED) is 0.153. The first-order valence-corrected chi connectivity index (χ1v) is 17.9. The van der Waals surface area contributed by atoms with Crippen LogP contribution in [0.5, 0.6) is 0 Å². The number of likely N-dealkylation sites (tertiary alicyclic amines) is 2. The second-order valence-electron chi connectivity index (χ2n) is 13.6. The molecular weight excluding hydrogens is 632 g/mol. The van der Waals surface area contributed by atoms with E-state index in [2.05, 4.69) is 64.1 Å². The second kappa shape index (κ2) is 16.0. The van der Waals surface area contributed by atoms with Crippen molar-refractivity contribution in [2.24, 2.45) is 0 Å². The maximum atomic E-state index is 14.0. The number of hydrogen-bond donors (Lipinski definition) is 3. The van der Waals surface area contributed by atoms with Gasteiger partial charge in [-0.1, -0.05) is 103 Å². The van der Waals surface area contributed by atoms with E-state index in [4.69, 9.17) is 11.6 Å². The monoisotopic (exact) mass is 678 g/mol. The third-order valence-corrected chi connectivity index (χ3v) is 10.7. The van der Waals surface area contributed by atoms with Gasteiger partial charge in [0.2, 0.25) is 5.91 Å². The summed E-state index contributed by atoms with van der Waals surface area (Å²) in [4.78, 5) is 31.1. The summed E-state index contributed by atoms with van der Waals surface area (Å²) in [6.45, 7) is 3.70. The number of aliphatic hydroxyl groups is 1. The number of halogens is 1. The average Bonchev–Trinajstić information content (AvgIpc) is 3.14. The second-order valence-corrected chi connectivity index (χ2v) is 14.0. The molecule has 2 saturated heterocycles. The molecule has 0 unspecified atom stereocenters. The third-order valence-electron chi connectivity index (χ3n) is 10.4. The number of para-hydroxylation sites is 1. The van der Waals surface area contributed by atoms with Crippen LogP contribution in [0.15, 0.2) is 115 Å². The molecule has 0 radical (unpaired) electrons. The van der Waals surface area contributed by atoms with Gasteiger partial charge in [0.15, 0.2) is 0 Å². The lowest BCUT2D eigenvalue weighted by atomic mass is 9.68. The smallest absolute Gasteiger partial charge is 0.321 e. The average molecular weight is 679 g/mol. The van der Waals surface area contributed by atoms with Crippen LogP contribution < -0.4 is 10.6 Å². The number of urea groups is 1. The van der Waals surface area contributed by atoms with Crippen LogP contribution in [-0.2, 0) is 15.8 Å². The highest BCUT2D eigenvalue weighted by molar-refractivity contribution is 6.30. The molecule has 2 aliphatic heterocycles. The molecule has 0 aromatic heterocycles. The minimum atomic E-state index is -0.834. The van der Waals surface area contributed by atoms with E-state index in [1.165, 1.54) is 0 Å². The first-order chi connectivity index (χ1) is 23.8. The summed E-state index contributed by atoms with van der Waals surface area (Å²) in [6.07, 6.45) is 4.84. The molecule has 256 valence electrons. The molecule has 0 aliphatic carbocycles. The fourth-order valence-corrected chi connectivity index (χ4v) is 7.69. The number of rotatable bonds is 11. The van der Waals surface area contributed by atoms with Crippen molar-refractivity contribution in [3.8, 4) is 0 Å². The van der Waals surface area contributed by atoms with Gasteiger partial charge in [-0.15, -0.1) is 0 Å². The van der Waals surface area contributed by atoms with Crippen LogP contribution in [0.2, 0.25) is 5.02 Å². The molecule has 0 bridgehead atoms. The molecule has 49 heavy (non-hydrogen) atoms. The lowest BCUT2D eigenvalue weighted by Crippen LogP contribution is -2.48. The van der Waals surface area contributed by atoms with E-state index < -0.39 is 11.0 Å². The van der Waals surface area contributed by atoms with Crippen molar-refractivity contribution in [2.75, 3.05) is 38.0 Å². The number of anilines is 1. The maximum Gasteiger partial charge on any atom is 0.321 e. The lowest BCUT2D eigenvalue weighted by Gasteiger charge is -2.40. The first-order valence-electron chi connectivity index (χ1n) is 17.6. The van der Waals surface area contributed by atoms with Gasteiger partial charge in [0.05, 0.1) is 5.60 Å². The van der Waals surface area contributed by atoms with Gasteiger partial charge in [-0.25, -0.2) is 4.79 Å². The molecule has 3 amide bonds. The van der Waals surface area contributed by atoms with Crippen molar-refractivity contribution in [3.63, 3.8) is 0 Å². The Morgan fingerprint density at radius 1 is 0.776 bits per heavy atom. The Bertz CT molecular complexity index is 1600. The Kier molecular flexibility index (Phi) is 11.3. The Labute approximate surface area is 295 Å². The number of piperidine rings is 2. The van der Waals surface area contributed by atoms with Crippen LogP contribution in [0.3, 0.4) is 0 Å². The molecule has 6 rings (SSSR count). The Hall–Kier alpha value is -4.17. The molecule has 4 aromatic carbocycles. The van der Waals surface area contributed by atoms with Crippen LogP contribution in [0.4, 0.5) is 10.5 Å². The van der Waals surface area contributed by atoms with E-state index in [1.807, 2.05) is 71.6 Å². The summed E-state index contributed by atoms with van der Waals surface area (Å²) in [6, 6.07) is 37.8. The van der Waals surface area contributed by atoms with Gasteiger partial charge < -0.3 is 25.5 Å². The minimum Gasteiger partial charge on any atom is -0.385 e. The normalized spacial score (nSPS) is 17.0. The Morgan fingerprint density at radius 2 is 1.33 bits per heavy atom. The summed E-state index contributed by atoms with van der Waals surface area (Å²) < 4.78 is 0. The van der Waals surface area contributed by atoms with E-state index in [1.54, 1.807) is 0 Å². The predicted octanol–water partition coefficient (Wildman–Crippen LogP) is 7.59. The fraction of sp³-hybridized carbons (Fsp3) is 0.366. The van der Waals surface area contributed by atoms with Crippen LogP contribution in [-0.4, -0.2) is 65.6 Å². The molecule has 0 spiro atoms. The minimum absolute atomic E-state index is 0.0188. The fourth-order valence-electron chi connectivity index (χ4n) is 7.57. The summed E-state index contributed by atoms with van der Waals surface area (Å²) in [5.74, 6) is 0.0332. The molecule has 8 heteroatoms. The van der Waals surface area contributed by atoms with Gasteiger partial charge in [-0.3, -0.25) is 4.79 Å². The number of hydrogen-bond acceptors (Lipinski definition) is 4. The molecule has 0 saturated carbocycles. The predicted molar refractivity (Wildman–Crippen MR) is 197 cm³/mol. The summed E-state index contributed by atoms with van der Waals surface area (Å²) in [7, 11) is 0. The summed E-state index contributed by atoms with van der Waals surface area (Å²) in [5.41, 5.74) is 2.65. The first kappa shape index (κ1) is 34.7. The van der Waals surface area contributed by atoms with Gasteiger partial charge in [0.25, 0.3) is 0 Å². The molecule has 4 aromatic rings. The number of carbonyl (C=O) groups excluding carboxylic acids is 2. The van der Waals surface area contributed by atoms with Crippen LogP contribution in [0, 0.1) is 0 Å². The van der Waals surface area contributed by atoms with Crippen molar-refractivity contribution >= 4 is 29.2 Å². The van der Waals surface area contributed by atoms with Crippen LogP contribution in [0.25, 0.3) is 0 Å². The largest absolute Gasteiger partial charge is 0.385 e. The number of nitrogens with zero attached hydrogens (tertiary/aromatic N) is 2. The van der Waals surface area contributed by atoms with Crippen molar-refractivity contribution < 1.29 is 14.7 Å². The zero-order valence-electron chi connectivity index (χ0n) is 28.1. The van der Waals surface area contributed by atoms with Gasteiger partial charge in [-0.05, 0) is 86.0 Å². The molecule has 2 aliphatic rings. The zero-order valence-corrected chi connectivity index (χ0v) is 28.8. The molecule has 3 N–H and O–H groups in total. The maximum absolute atomic E-state index is 14.0. The van der Waals surface area contributed by atoms with E-state index in [0.29, 0.717) is 37.4 Å². The van der Waals surface area contributed by atoms with Crippen LogP contribution >= 0.6 is 11.6 Å². The highest BCUT2D eigenvalue weighted by Gasteiger charge is 2.38. The van der Waals surface area contributed by atoms with Gasteiger partial charge in [0, 0.05) is 54.8 Å². The van der Waals surface area contributed by atoms with Crippen molar-refractivity contribution in [1.29, 1.82) is 0 Å². The van der Waals surface area contributed by atoms with Crippen molar-refractivity contribution in [2.45, 2.75) is 62.0 Å². The summed E-state index contributed by atoms with van der Waals surface area (Å²) >= 11 is 6.09. The lowest BCUT2D eigenvalue weighted by molar-refractivity contribution is -0.123. The number of benzene rings is 4. The standard InChI is InChI=1S/C41H47ClN4O3/c42-35-19-17-34(18-20-35)41(49)24-29-45(30-25-41)26-10-23-40(32-11-4-1-5-12-32,33-13-6-2-7-14-33)31-38(47)43-37-21-27-46(28-22-37)39(48)44-36-15-8-3-9-16-36/h1-9,11-20,37,49H,10,21-31H2,(H,43,47)(H,44,48). The van der Waals surface area contributed by atoms with E-state index in [0.717, 1.165) is 67.7 Å². The van der Waals surface area contributed by atoms with Gasteiger partial charge in [0.1, 0.15) is 0 Å². The SMILES string of the molecule is O=C(CC(CCCN1CCC(O)(c2ccc(Cl)cc2)CC1)(c1ccccc1)c1ccccc1)NC1CCN(C(=O)Nc2ccccc2)CC1. The number of nitrogens with one attached hydrogen (secondary N) is 2. The van der Waals surface area contributed by atoms with Gasteiger partial charge in [-0.2, -0.15) is 0 Å². The van der Waals surface area contributed by atoms with Crippen molar-refractivity contribution in [3.05, 3.63) is 137 Å². The highest BCUT2D eigenvalue weighted by Crippen LogP contribution is 2.41. The third kappa shape index (κ3) is 8.71. The Morgan fingerprint density at radius 3 is 1.90 bits per heavy atom. The topological polar surface area (TPSA) is 84.9 Å². The summed E-state index contributed by atoms with van der Waals surface area (Å²) in [5, 5.41) is 18.4. The molecule has 0 atom stereocenters. The zero-order chi connectivity index (χ0) is 34.1. The van der Waals surface area contributed by atoms with Crippen molar-refractivity contribution in [1.82, 2.24) is 15.1 Å². The van der Waals surface area contributed by atoms with E-state index in [9.17, 15) is 14.7 Å².